The molecule has 0 saturated heterocycles. The number of rotatable bonds is 5. The lowest BCUT2D eigenvalue weighted by molar-refractivity contribution is 0.127. The Labute approximate surface area is 125 Å². The zero-order valence-corrected chi connectivity index (χ0v) is 13.0. The summed E-state index contributed by atoms with van der Waals surface area (Å²) >= 11 is 6.27. The minimum atomic E-state index is -0.0919. The average molecular weight is 300 g/mol. The molecule has 1 aromatic carbocycles. The number of ether oxygens (including phenoxy) is 3. The lowest BCUT2D eigenvalue weighted by Crippen LogP contribution is -2.42. The van der Waals surface area contributed by atoms with Gasteiger partial charge >= 0.3 is 0 Å². The van der Waals surface area contributed by atoms with E-state index in [0.717, 1.165) is 17.7 Å². The van der Waals surface area contributed by atoms with Crippen molar-refractivity contribution in [2.45, 2.75) is 32.4 Å². The van der Waals surface area contributed by atoms with Crippen molar-refractivity contribution in [3.8, 4) is 11.5 Å². The average Bonchev–Trinajstić information content (AvgIpc) is 2.62. The van der Waals surface area contributed by atoms with Gasteiger partial charge in [0.25, 0.3) is 0 Å². The molecule has 0 saturated carbocycles. The highest BCUT2D eigenvalue weighted by molar-refractivity contribution is 6.32. The highest BCUT2D eigenvalue weighted by Gasteiger charge is 2.19. The first-order valence-corrected chi connectivity index (χ1v) is 7.21. The van der Waals surface area contributed by atoms with E-state index < -0.39 is 0 Å². The van der Waals surface area contributed by atoms with Crippen molar-refractivity contribution in [1.82, 2.24) is 5.32 Å². The summed E-state index contributed by atoms with van der Waals surface area (Å²) in [5.41, 5.74) is 0.981. The molecule has 1 aliphatic rings. The third-order valence-electron chi connectivity index (χ3n) is 3.14. The van der Waals surface area contributed by atoms with Crippen LogP contribution in [0, 0.1) is 0 Å². The number of hydrogen-bond acceptors (Lipinski definition) is 4. The van der Waals surface area contributed by atoms with Crippen LogP contribution in [0.5, 0.6) is 11.5 Å². The Morgan fingerprint density at radius 1 is 1.30 bits per heavy atom. The van der Waals surface area contributed by atoms with E-state index in [4.69, 9.17) is 25.8 Å². The van der Waals surface area contributed by atoms with Crippen LogP contribution in [0.25, 0.3) is 0 Å². The van der Waals surface area contributed by atoms with Crippen LogP contribution in [0.3, 0.4) is 0 Å². The molecule has 1 heterocycles. The first-order valence-electron chi connectivity index (χ1n) is 6.84. The zero-order chi connectivity index (χ0) is 14.6. The lowest BCUT2D eigenvalue weighted by Gasteiger charge is -2.25. The van der Waals surface area contributed by atoms with Crippen molar-refractivity contribution in [3.63, 3.8) is 0 Å². The molecule has 0 atom stereocenters. The molecule has 1 N–H and O–H groups in total. The summed E-state index contributed by atoms with van der Waals surface area (Å²) in [6, 6.07) is 3.91. The summed E-state index contributed by atoms with van der Waals surface area (Å²) in [6.07, 6.45) is 0.874. The molecule has 2 rings (SSSR count). The summed E-state index contributed by atoms with van der Waals surface area (Å²) in [7, 11) is 1.70. The molecule has 0 bridgehead atoms. The van der Waals surface area contributed by atoms with Gasteiger partial charge in [-0.1, -0.05) is 11.6 Å². The van der Waals surface area contributed by atoms with E-state index >= 15 is 0 Å². The van der Waals surface area contributed by atoms with Crippen LogP contribution in [-0.4, -0.2) is 32.5 Å². The summed E-state index contributed by atoms with van der Waals surface area (Å²) in [4.78, 5) is 0. The van der Waals surface area contributed by atoms with E-state index in [1.807, 2.05) is 12.1 Å². The standard InChI is InChI=1S/C15H22ClNO3/c1-15(2,10-18-3)17-9-11-7-12(16)14-13(8-11)19-5-4-6-20-14/h7-8,17H,4-6,9-10H2,1-3H3. The van der Waals surface area contributed by atoms with Crippen LogP contribution in [-0.2, 0) is 11.3 Å². The van der Waals surface area contributed by atoms with Gasteiger partial charge in [-0.05, 0) is 31.5 Å². The number of benzene rings is 1. The quantitative estimate of drug-likeness (QED) is 0.907. The Morgan fingerprint density at radius 3 is 2.80 bits per heavy atom. The Balaban J connectivity index is 2.10. The molecule has 112 valence electrons. The maximum absolute atomic E-state index is 6.27. The molecule has 1 aliphatic heterocycles. The van der Waals surface area contributed by atoms with Crippen molar-refractivity contribution in [2.24, 2.45) is 0 Å². The Hall–Kier alpha value is -0.970. The van der Waals surface area contributed by atoms with Crippen LogP contribution in [0.2, 0.25) is 5.02 Å². The van der Waals surface area contributed by atoms with Crippen LogP contribution in [0.15, 0.2) is 12.1 Å². The smallest absolute Gasteiger partial charge is 0.179 e. The summed E-state index contributed by atoms with van der Waals surface area (Å²) in [6.45, 7) is 6.85. The fraction of sp³-hybridized carbons (Fsp3) is 0.600. The Kier molecular flexibility index (Phi) is 5.13. The van der Waals surface area contributed by atoms with E-state index in [2.05, 4.69) is 19.2 Å². The van der Waals surface area contributed by atoms with Gasteiger partial charge in [-0.2, -0.15) is 0 Å². The monoisotopic (exact) mass is 299 g/mol. The van der Waals surface area contributed by atoms with Crippen molar-refractivity contribution >= 4 is 11.6 Å². The predicted molar refractivity (Wildman–Crippen MR) is 79.9 cm³/mol. The van der Waals surface area contributed by atoms with Gasteiger partial charge in [0.1, 0.15) is 0 Å². The van der Waals surface area contributed by atoms with Crippen molar-refractivity contribution in [3.05, 3.63) is 22.7 Å². The van der Waals surface area contributed by atoms with Gasteiger partial charge in [0.15, 0.2) is 11.5 Å². The molecule has 0 fully saturated rings. The molecule has 0 aliphatic carbocycles. The van der Waals surface area contributed by atoms with Gasteiger partial charge in [-0.15, -0.1) is 0 Å². The minimum absolute atomic E-state index is 0.0919. The topological polar surface area (TPSA) is 39.7 Å². The molecule has 0 spiro atoms. The van der Waals surface area contributed by atoms with E-state index in [0.29, 0.717) is 37.1 Å². The van der Waals surface area contributed by atoms with E-state index in [1.54, 1.807) is 7.11 Å². The second-order valence-corrected chi connectivity index (χ2v) is 6.03. The molecular weight excluding hydrogens is 278 g/mol. The summed E-state index contributed by atoms with van der Waals surface area (Å²) in [5, 5.41) is 4.05. The molecule has 0 unspecified atom stereocenters. The van der Waals surface area contributed by atoms with E-state index in [9.17, 15) is 0 Å². The van der Waals surface area contributed by atoms with Gasteiger partial charge in [0.2, 0.25) is 0 Å². The molecule has 20 heavy (non-hydrogen) atoms. The van der Waals surface area contributed by atoms with Crippen molar-refractivity contribution in [1.29, 1.82) is 0 Å². The highest BCUT2D eigenvalue weighted by Crippen LogP contribution is 2.38. The zero-order valence-electron chi connectivity index (χ0n) is 12.3. The normalized spacial score (nSPS) is 15.0. The van der Waals surface area contributed by atoms with Crippen molar-refractivity contribution < 1.29 is 14.2 Å². The lowest BCUT2D eigenvalue weighted by atomic mass is 10.1. The fourth-order valence-corrected chi connectivity index (χ4v) is 2.43. The van der Waals surface area contributed by atoms with Gasteiger partial charge in [0, 0.05) is 25.6 Å². The number of hydrogen-bond donors (Lipinski definition) is 1. The largest absolute Gasteiger partial charge is 0.489 e. The summed E-state index contributed by atoms with van der Waals surface area (Å²) < 4.78 is 16.5. The molecular formula is C15H22ClNO3. The first-order chi connectivity index (χ1) is 9.52. The Bertz CT molecular complexity index is 463. The second kappa shape index (κ2) is 6.66. The van der Waals surface area contributed by atoms with Crippen molar-refractivity contribution in [2.75, 3.05) is 26.9 Å². The van der Waals surface area contributed by atoms with Crippen LogP contribution >= 0.6 is 11.6 Å². The van der Waals surface area contributed by atoms with Crippen LogP contribution in [0.4, 0.5) is 0 Å². The molecule has 5 heteroatoms. The summed E-state index contributed by atoms with van der Waals surface area (Å²) in [5.74, 6) is 1.39. The van der Waals surface area contributed by atoms with Gasteiger partial charge in [0.05, 0.1) is 24.8 Å². The van der Waals surface area contributed by atoms with Gasteiger partial charge < -0.3 is 19.5 Å². The third-order valence-corrected chi connectivity index (χ3v) is 3.42. The maximum atomic E-state index is 6.27. The third kappa shape index (κ3) is 4.01. The highest BCUT2D eigenvalue weighted by atomic mass is 35.5. The Morgan fingerprint density at radius 2 is 2.05 bits per heavy atom. The number of nitrogens with one attached hydrogen (secondary N) is 1. The van der Waals surface area contributed by atoms with Gasteiger partial charge in [-0.25, -0.2) is 0 Å². The minimum Gasteiger partial charge on any atom is -0.489 e. The molecule has 0 radical (unpaired) electrons. The number of methoxy groups -OCH3 is 1. The number of halogens is 1. The van der Waals surface area contributed by atoms with E-state index in [-0.39, 0.29) is 5.54 Å². The number of fused-ring (bicyclic) bond motifs is 1. The molecule has 0 aromatic heterocycles. The molecule has 1 aromatic rings. The van der Waals surface area contributed by atoms with Gasteiger partial charge in [-0.3, -0.25) is 0 Å². The fourth-order valence-electron chi connectivity index (χ4n) is 2.14. The SMILES string of the molecule is COCC(C)(C)NCc1cc(Cl)c2c(c1)OCCCO2. The second-order valence-electron chi connectivity index (χ2n) is 5.63. The van der Waals surface area contributed by atoms with E-state index in [1.165, 1.54) is 0 Å². The molecule has 0 amide bonds. The van der Waals surface area contributed by atoms with Crippen LogP contribution in [0.1, 0.15) is 25.8 Å². The predicted octanol–water partition coefficient (Wildman–Crippen LogP) is 3.02. The first kappa shape index (κ1) is 15.4. The molecule has 4 nitrogen and oxygen atoms in total. The van der Waals surface area contributed by atoms with Crippen LogP contribution < -0.4 is 14.8 Å². The maximum Gasteiger partial charge on any atom is 0.179 e.